The normalized spacial score (nSPS) is 21.0. The van der Waals surface area contributed by atoms with Crippen LogP contribution in [0.25, 0.3) is 10.9 Å². The second-order valence-electron chi connectivity index (χ2n) is 13.3. The van der Waals surface area contributed by atoms with Crippen LogP contribution in [0.3, 0.4) is 0 Å². The van der Waals surface area contributed by atoms with Crippen LogP contribution in [-0.2, 0) is 27.5 Å². The van der Waals surface area contributed by atoms with E-state index in [1.54, 1.807) is 18.2 Å². The van der Waals surface area contributed by atoms with Gasteiger partial charge in [0.2, 0.25) is 17.7 Å². The second kappa shape index (κ2) is 14.0. The summed E-state index contributed by atoms with van der Waals surface area (Å²) in [6.07, 6.45) is 13.6. The molecule has 2 heterocycles. The topological polar surface area (TPSA) is 143 Å². The van der Waals surface area contributed by atoms with Crippen LogP contribution in [0, 0.1) is 5.92 Å². The van der Waals surface area contributed by atoms with Gasteiger partial charge in [0.05, 0.1) is 0 Å². The molecule has 0 unspecified atom stereocenters. The molecule has 4 saturated carbocycles. The van der Waals surface area contributed by atoms with Crippen molar-refractivity contribution in [1.82, 2.24) is 25.1 Å². The predicted molar refractivity (Wildman–Crippen MR) is 180 cm³/mol. The van der Waals surface area contributed by atoms with Gasteiger partial charge in [-0.05, 0) is 88.1 Å². The van der Waals surface area contributed by atoms with Gasteiger partial charge in [0.15, 0.2) is 0 Å². The first kappa shape index (κ1) is 32.3. The largest absolute Gasteiger partial charge is 0.350 e. The van der Waals surface area contributed by atoms with Gasteiger partial charge in [-0.25, -0.2) is 0 Å². The molecule has 1 aromatic carbocycles. The third-order valence-corrected chi connectivity index (χ3v) is 9.86. The lowest BCUT2D eigenvalue weighted by Gasteiger charge is -2.61. The minimum absolute atomic E-state index is 0.0140. The Kier molecular flexibility index (Phi) is 9.60. The van der Waals surface area contributed by atoms with E-state index in [2.05, 4.69) is 21.3 Å². The van der Waals surface area contributed by atoms with E-state index in [0.717, 1.165) is 55.8 Å². The van der Waals surface area contributed by atoms with Gasteiger partial charge in [0.25, 0.3) is 11.5 Å². The highest BCUT2D eigenvalue weighted by molar-refractivity contribution is 6.03. The summed E-state index contributed by atoms with van der Waals surface area (Å²) in [7, 11) is 0. The zero-order valence-corrected chi connectivity index (χ0v) is 26.9. The van der Waals surface area contributed by atoms with Crippen molar-refractivity contribution in [3.05, 3.63) is 76.9 Å². The lowest BCUT2D eigenvalue weighted by atomic mass is 9.50. The van der Waals surface area contributed by atoms with Crippen LogP contribution in [-0.4, -0.2) is 50.4 Å². The zero-order chi connectivity index (χ0) is 33.0. The van der Waals surface area contributed by atoms with Crippen molar-refractivity contribution in [2.75, 3.05) is 5.32 Å². The first-order valence-electron chi connectivity index (χ1n) is 16.9. The van der Waals surface area contributed by atoms with Crippen LogP contribution in [0.2, 0.25) is 0 Å². The number of aryl methyl sites for hydroxylation is 1. The molecule has 4 N–H and O–H groups in total. The average molecular weight is 641 g/mol. The van der Waals surface area contributed by atoms with Crippen molar-refractivity contribution in [3.8, 4) is 0 Å². The van der Waals surface area contributed by atoms with Gasteiger partial charge in [-0.3, -0.25) is 24.0 Å². The fourth-order valence-corrected chi connectivity index (χ4v) is 7.29. The van der Waals surface area contributed by atoms with Gasteiger partial charge < -0.3 is 30.4 Å². The molecule has 0 spiro atoms. The van der Waals surface area contributed by atoms with Gasteiger partial charge in [-0.2, -0.15) is 0 Å². The highest BCUT2D eigenvalue weighted by Crippen LogP contribution is 2.56. The van der Waals surface area contributed by atoms with E-state index in [4.69, 9.17) is 0 Å². The number of benzene rings is 1. The molecule has 11 nitrogen and oxygen atoms in total. The summed E-state index contributed by atoms with van der Waals surface area (Å²) < 4.78 is 3.17. The van der Waals surface area contributed by atoms with E-state index >= 15 is 0 Å². The molecule has 0 saturated heterocycles. The number of anilines is 1. The lowest BCUT2D eigenvalue weighted by molar-refractivity contribution is -0.133. The summed E-state index contributed by atoms with van der Waals surface area (Å²) in [5.74, 6) is -0.671. The Hall–Kier alpha value is -4.67. The maximum Gasteiger partial charge on any atom is 0.274 e. The molecular weight excluding hydrogens is 596 g/mol. The second-order valence-corrected chi connectivity index (χ2v) is 13.3. The maximum absolute atomic E-state index is 13.7. The minimum Gasteiger partial charge on any atom is -0.350 e. The first-order chi connectivity index (χ1) is 22.7. The molecule has 1 atom stereocenters. The zero-order valence-electron chi connectivity index (χ0n) is 26.9. The van der Waals surface area contributed by atoms with Crippen LogP contribution >= 0.6 is 0 Å². The van der Waals surface area contributed by atoms with Crippen LogP contribution in [0.1, 0.15) is 81.6 Å². The van der Waals surface area contributed by atoms with E-state index in [1.807, 2.05) is 35.8 Å². The van der Waals surface area contributed by atoms with Gasteiger partial charge in [-0.1, -0.05) is 43.5 Å². The summed E-state index contributed by atoms with van der Waals surface area (Å²) in [5.41, 5.74) is 0.739. The van der Waals surface area contributed by atoms with Crippen LogP contribution in [0.15, 0.2) is 65.6 Å². The summed E-state index contributed by atoms with van der Waals surface area (Å²) in [4.78, 5) is 65.7. The standard InChI is InChI=1S/C36H44N6O5/c1-2-42-29-16-8-6-11-25(29)19-30(42)34(46)38-27(14-7-9-17-31(43)37-26-12-4-3-5-13-26)33(45)39-28-15-10-18-41(35(28)47)23-32(44)40-36-20-24(21-36)22-36/h6,8-11,15-19,24,26-27H,2-5,7,12-14,20-23H2,1H3,(H,37,43)(H,38,46)(H,39,45)(H,40,44)/b17-9+/t24?,27-,36?/m0/s1. The fraction of sp³-hybridized carbons (Fsp3) is 0.472. The van der Waals surface area contributed by atoms with Crippen molar-refractivity contribution in [2.45, 2.75) is 102 Å². The van der Waals surface area contributed by atoms with Gasteiger partial charge in [0, 0.05) is 35.2 Å². The van der Waals surface area contributed by atoms with Crippen molar-refractivity contribution < 1.29 is 19.2 Å². The minimum atomic E-state index is -1.00. The number of nitrogens with zero attached hydrogens (tertiary/aromatic N) is 2. The number of fused-ring (bicyclic) bond motifs is 1. The fourth-order valence-electron chi connectivity index (χ4n) is 7.29. The molecule has 4 aliphatic rings. The third kappa shape index (κ3) is 7.34. The molecular formula is C36H44N6O5. The smallest absolute Gasteiger partial charge is 0.274 e. The number of carbonyl (C=O) groups is 4. The third-order valence-electron chi connectivity index (χ3n) is 9.86. The molecule has 3 aromatic rings. The molecule has 11 heteroatoms. The monoisotopic (exact) mass is 640 g/mol. The molecule has 7 rings (SSSR count). The highest BCUT2D eigenvalue weighted by atomic mass is 16.2. The Bertz CT molecular complexity index is 1730. The van der Waals surface area contributed by atoms with E-state index in [0.29, 0.717) is 24.6 Å². The quantitative estimate of drug-likeness (QED) is 0.209. The Labute approximate surface area is 274 Å². The number of para-hydroxylation sites is 1. The first-order valence-corrected chi connectivity index (χ1v) is 16.9. The molecule has 248 valence electrons. The van der Waals surface area contributed by atoms with Crippen molar-refractivity contribution >= 4 is 40.2 Å². The SMILES string of the molecule is CCn1c(C(=O)N[C@@H](CC/C=C/C(=O)NC2CCCCC2)C(=O)Nc2cccn(CC(=O)NC34CC(C3)C4)c2=O)cc2ccccc21. The Morgan fingerprint density at radius 2 is 1.79 bits per heavy atom. The van der Waals surface area contributed by atoms with E-state index in [-0.39, 0.29) is 42.0 Å². The molecule has 4 fully saturated rings. The number of nitrogens with one attached hydrogen (secondary N) is 4. The highest BCUT2D eigenvalue weighted by Gasteiger charge is 2.57. The number of pyridine rings is 1. The Morgan fingerprint density at radius 3 is 2.51 bits per heavy atom. The van der Waals surface area contributed by atoms with Crippen LogP contribution in [0.5, 0.6) is 0 Å². The van der Waals surface area contributed by atoms with Gasteiger partial charge in [-0.15, -0.1) is 0 Å². The van der Waals surface area contributed by atoms with E-state index < -0.39 is 23.4 Å². The van der Waals surface area contributed by atoms with E-state index in [1.165, 1.54) is 29.3 Å². The maximum atomic E-state index is 13.7. The number of hydrogen-bond donors (Lipinski definition) is 4. The Morgan fingerprint density at radius 1 is 1.02 bits per heavy atom. The molecule has 4 aliphatic carbocycles. The molecule has 0 radical (unpaired) electrons. The van der Waals surface area contributed by atoms with Crippen LogP contribution < -0.4 is 26.8 Å². The number of rotatable bonds is 13. The Balaban J connectivity index is 1.14. The number of amides is 4. The van der Waals surface area contributed by atoms with Crippen LogP contribution in [0.4, 0.5) is 5.69 Å². The summed E-state index contributed by atoms with van der Waals surface area (Å²) >= 11 is 0. The van der Waals surface area contributed by atoms with E-state index in [9.17, 15) is 24.0 Å². The molecule has 2 bridgehead atoms. The molecule has 47 heavy (non-hydrogen) atoms. The summed E-state index contributed by atoms with van der Waals surface area (Å²) in [6.45, 7) is 2.36. The van der Waals surface area contributed by atoms with Gasteiger partial charge >= 0.3 is 0 Å². The number of hydrogen-bond acceptors (Lipinski definition) is 5. The van der Waals surface area contributed by atoms with Crippen molar-refractivity contribution in [1.29, 1.82) is 0 Å². The lowest BCUT2D eigenvalue weighted by Crippen LogP contribution is -2.68. The summed E-state index contributed by atoms with van der Waals surface area (Å²) in [6, 6.07) is 11.8. The summed E-state index contributed by atoms with van der Waals surface area (Å²) in [5, 5.41) is 12.6. The predicted octanol–water partition coefficient (Wildman–Crippen LogP) is 4.01. The van der Waals surface area contributed by atoms with Crippen molar-refractivity contribution in [3.63, 3.8) is 0 Å². The number of carbonyl (C=O) groups excluding carboxylic acids is 4. The molecule has 2 aromatic heterocycles. The van der Waals surface area contributed by atoms with Gasteiger partial charge in [0.1, 0.15) is 24.0 Å². The molecule has 4 amide bonds. The number of aromatic nitrogens is 2. The average Bonchev–Trinajstić information content (AvgIpc) is 3.41. The number of allylic oxidation sites excluding steroid dienone is 1. The molecule has 0 aliphatic heterocycles. The van der Waals surface area contributed by atoms with Crippen molar-refractivity contribution in [2.24, 2.45) is 5.92 Å².